The number of hydrogen-bond acceptors (Lipinski definition) is 3. The van der Waals surface area contributed by atoms with Crippen molar-refractivity contribution in [1.29, 1.82) is 0 Å². The molecule has 0 saturated carbocycles. The second-order valence-electron chi connectivity index (χ2n) is 3.35. The highest BCUT2D eigenvalue weighted by Crippen LogP contribution is 2.15. The normalized spacial score (nSPS) is 9.88. The van der Waals surface area contributed by atoms with Crippen LogP contribution in [0, 0.1) is 0 Å². The van der Waals surface area contributed by atoms with Crippen LogP contribution in [0.5, 0.6) is 0 Å². The van der Waals surface area contributed by atoms with Gasteiger partial charge < -0.3 is 11.1 Å². The fourth-order valence-electron chi connectivity index (χ4n) is 1.38. The van der Waals surface area contributed by atoms with E-state index in [1.54, 1.807) is 24.3 Å². The summed E-state index contributed by atoms with van der Waals surface area (Å²) in [5.41, 5.74) is 6.23. The molecule has 6 nitrogen and oxygen atoms in total. The van der Waals surface area contributed by atoms with Crippen molar-refractivity contribution in [3.8, 4) is 0 Å². The molecule has 0 unspecified atom stereocenters. The molecule has 0 aliphatic rings. The molecule has 1 aromatic carbocycles. The van der Waals surface area contributed by atoms with E-state index in [9.17, 15) is 9.59 Å². The Balaban J connectivity index is 2.25. The van der Waals surface area contributed by atoms with E-state index in [4.69, 9.17) is 5.73 Å². The molecule has 0 aliphatic carbocycles. The van der Waals surface area contributed by atoms with Crippen LogP contribution >= 0.6 is 0 Å². The first kappa shape index (κ1) is 10.9. The van der Waals surface area contributed by atoms with Gasteiger partial charge >= 0.3 is 0 Å². The first-order valence-corrected chi connectivity index (χ1v) is 4.87. The van der Waals surface area contributed by atoms with Crippen LogP contribution in [0.25, 0.3) is 0 Å². The van der Waals surface area contributed by atoms with E-state index in [1.807, 2.05) is 0 Å². The zero-order valence-corrected chi connectivity index (χ0v) is 8.81. The molecule has 0 atom stereocenters. The smallest absolute Gasteiger partial charge is 0.258 e. The number of rotatable bonds is 3. The predicted molar refractivity (Wildman–Crippen MR) is 61.5 cm³/mol. The van der Waals surface area contributed by atoms with E-state index in [0.717, 1.165) is 0 Å². The van der Waals surface area contributed by atoms with Gasteiger partial charge in [-0.1, -0.05) is 12.1 Å². The van der Waals surface area contributed by atoms with E-state index in [0.29, 0.717) is 11.3 Å². The zero-order valence-electron chi connectivity index (χ0n) is 8.81. The van der Waals surface area contributed by atoms with Crippen LogP contribution in [-0.2, 0) is 0 Å². The van der Waals surface area contributed by atoms with Gasteiger partial charge in [0.15, 0.2) is 0 Å². The Morgan fingerprint density at radius 1 is 1.29 bits per heavy atom. The molecule has 0 bridgehead atoms. The molecule has 4 N–H and O–H groups in total. The van der Waals surface area contributed by atoms with Crippen molar-refractivity contribution in [3.05, 3.63) is 47.8 Å². The number of benzene rings is 1. The summed E-state index contributed by atoms with van der Waals surface area (Å²) in [6.07, 6.45) is 2.85. The number of nitrogens with zero attached hydrogens (tertiary/aromatic N) is 1. The number of nitrogens with two attached hydrogens (primary N) is 1. The van der Waals surface area contributed by atoms with Gasteiger partial charge in [0.1, 0.15) is 0 Å². The lowest BCUT2D eigenvalue weighted by atomic mass is 10.1. The Labute approximate surface area is 96.8 Å². The number of hydrogen-bond donors (Lipinski definition) is 3. The summed E-state index contributed by atoms with van der Waals surface area (Å²) in [5.74, 6) is -0.944. The monoisotopic (exact) mass is 230 g/mol. The van der Waals surface area contributed by atoms with E-state index < -0.39 is 5.91 Å². The number of aromatic amines is 1. The summed E-state index contributed by atoms with van der Waals surface area (Å²) in [4.78, 5) is 22.9. The zero-order chi connectivity index (χ0) is 12.3. The highest BCUT2D eigenvalue weighted by atomic mass is 16.2. The lowest BCUT2D eigenvalue weighted by Crippen LogP contribution is -2.17. The van der Waals surface area contributed by atoms with Crippen molar-refractivity contribution in [2.75, 3.05) is 5.32 Å². The molecule has 1 heterocycles. The van der Waals surface area contributed by atoms with Crippen LogP contribution in [0.2, 0.25) is 0 Å². The minimum Gasteiger partial charge on any atom is -0.366 e. The highest BCUT2D eigenvalue weighted by Gasteiger charge is 2.11. The molecular weight excluding hydrogens is 220 g/mol. The first-order chi connectivity index (χ1) is 8.18. The summed E-state index contributed by atoms with van der Waals surface area (Å²) in [6.45, 7) is 0. The summed E-state index contributed by atoms with van der Waals surface area (Å²) in [7, 11) is 0. The fraction of sp³-hybridized carbons (Fsp3) is 0. The number of para-hydroxylation sites is 1. The van der Waals surface area contributed by atoms with Crippen molar-refractivity contribution < 1.29 is 9.59 Å². The molecule has 0 aliphatic heterocycles. The molecule has 86 valence electrons. The van der Waals surface area contributed by atoms with Crippen molar-refractivity contribution in [3.63, 3.8) is 0 Å². The first-order valence-electron chi connectivity index (χ1n) is 4.87. The van der Waals surface area contributed by atoms with Gasteiger partial charge in [-0.3, -0.25) is 14.7 Å². The maximum absolute atomic E-state index is 11.7. The Kier molecular flexibility index (Phi) is 2.87. The van der Waals surface area contributed by atoms with Gasteiger partial charge in [0, 0.05) is 6.20 Å². The fourth-order valence-corrected chi connectivity index (χ4v) is 1.38. The number of carbonyl (C=O) groups is 2. The third-order valence-corrected chi connectivity index (χ3v) is 2.20. The molecule has 2 amide bonds. The summed E-state index contributed by atoms with van der Waals surface area (Å²) in [5, 5.41) is 8.79. The summed E-state index contributed by atoms with van der Waals surface area (Å²) in [6, 6.07) is 6.54. The maximum Gasteiger partial charge on any atom is 0.258 e. The Hall–Kier alpha value is -2.63. The topological polar surface area (TPSA) is 101 Å². The summed E-state index contributed by atoms with van der Waals surface area (Å²) >= 11 is 0. The van der Waals surface area contributed by atoms with E-state index in [-0.39, 0.29) is 11.5 Å². The summed E-state index contributed by atoms with van der Waals surface area (Å²) < 4.78 is 0. The molecule has 2 rings (SSSR count). The lowest BCUT2D eigenvalue weighted by molar-refractivity contribution is 0.100. The number of primary amides is 1. The number of H-pyrrole nitrogens is 1. The average molecular weight is 230 g/mol. The second-order valence-corrected chi connectivity index (χ2v) is 3.35. The van der Waals surface area contributed by atoms with Crippen molar-refractivity contribution in [2.24, 2.45) is 5.73 Å². The number of carbonyl (C=O) groups excluding carboxylic acids is 2. The minimum absolute atomic E-state index is 0.268. The van der Waals surface area contributed by atoms with E-state index in [2.05, 4.69) is 15.5 Å². The SMILES string of the molecule is NC(=O)c1ccccc1NC(=O)c1cn[nH]c1. The van der Waals surface area contributed by atoms with Gasteiger partial charge in [0.2, 0.25) is 0 Å². The van der Waals surface area contributed by atoms with Crippen molar-refractivity contribution in [2.45, 2.75) is 0 Å². The molecule has 0 fully saturated rings. The number of nitrogens with one attached hydrogen (secondary N) is 2. The molecule has 0 saturated heterocycles. The maximum atomic E-state index is 11.7. The van der Waals surface area contributed by atoms with Crippen LogP contribution < -0.4 is 11.1 Å². The molecule has 17 heavy (non-hydrogen) atoms. The van der Waals surface area contributed by atoms with Crippen molar-refractivity contribution in [1.82, 2.24) is 10.2 Å². The van der Waals surface area contributed by atoms with Gasteiger partial charge in [-0.25, -0.2) is 0 Å². The number of aromatic nitrogens is 2. The van der Waals surface area contributed by atoms with Crippen LogP contribution in [0.4, 0.5) is 5.69 Å². The van der Waals surface area contributed by atoms with Crippen LogP contribution in [0.15, 0.2) is 36.7 Å². The quantitative estimate of drug-likeness (QED) is 0.725. The lowest BCUT2D eigenvalue weighted by Gasteiger charge is -2.07. The van der Waals surface area contributed by atoms with E-state index in [1.165, 1.54) is 12.4 Å². The van der Waals surface area contributed by atoms with Gasteiger partial charge in [-0.05, 0) is 12.1 Å². The molecule has 2 aromatic rings. The Bertz CT molecular complexity index is 548. The highest BCUT2D eigenvalue weighted by molar-refractivity contribution is 6.08. The molecular formula is C11H10N4O2. The minimum atomic E-state index is -0.590. The largest absolute Gasteiger partial charge is 0.366 e. The second kappa shape index (κ2) is 4.48. The van der Waals surface area contributed by atoms with Gasteiger partial charge in [-0.15, -0.1) is 0 Å². The number of anilines is 1. The Morgan fingerprint density at radius 2 is 2.06 bits per heavy atom. The third-order valence-electron chi connectivity index (χ3n) is 2.20. The Morgan fingerprint density at radius 3 is 2.71 bits per heavy atom. The molecule has 0 spiro atoms. The van der Waals surface area contributed by atoms with Gasteiger partial charge in [0.05, 0.1) is 23.0 Å². The molecule has 6 heteroatoms. The van der Waals surface area contributed by atoms with Gasteiger partial charge in [0.25, 0.3) is 11.8 Å². The average Bonchev–Trinajstić information content (AvgIpc) is 2.83. The van der Waals surface area contributed by atoms with Crippen LogP contribution in [0.1, 0.15) is 20.7 Å². The van der Waals surface area contributed by atoms with Crippen LogP contribution in [0.3, 0.4) is 0 Å². The third kappa shape index (κ3) is 2.31. The molecule has 0 radical (unpaired) electrons. The predicted octanol–water partition coefficient (Wildman–Crippen LogP) is 0.761. The molecule has 1 aromatic heterocycles. The van der Waals surface area contributed by atoms with Gasteiger partial charge in [-0.2, -0.15) is 5.10 Å². The number of amides is 2. The van der Waals surface area contributed by atoms with E-state index >= 15 is 0 Å². The van der Waals surface area contributed by atoms with Crippen molar-refractivity contribution >= 4 is 17.5 Å². The van der Waals surface area contributed by atoms with Crippen LogP contribution in [-0.4, -0.2) is 22.0 Å². The standard InChI is InChI=1S/C11H10N4O2/c12-10(16)8-3-1-2-4-9(8)15-11(17)7-5-13-14-6-7/h1-6H,(H2,12,16)(H,13,14)(H,15,17).